The van der Waals surface area contributed by atoms with Gasteiger partial charge in [-0.2, -0.15) is 0 Å². The van der Waals surface area contributed by atoms with Crippen LogP contribution in [-0.4, -0.2) is 29.5 Å². The lowest BCUT2D eigenvalue weighted by molar-refractivity contribution is -0.122. The van der Waals surface area contributed by atoms with Crippen molar-refractivity contribution in [2.45, 2.75) is 32.1 Å². The Morgan fingerprint density at radius 1 is 1.06 bits per heavy atom. The highest BCUT2D eigenvalue weighted by Gasteiger charge is 2.15. The van der Waals surface area contributed by atoms with Gasteiger partial charge in [0.1, 0.15) is 5.75 Å². The number of carbonyl (C=O) groups is 1. The maximum atomic E-state index is 12.6. The summed E-state index contributed by atoms with van der Waals surface area (Å²) in [6, 6.07) is 18.0. The third kappa shape index (κ3) is 5.32. The van der Waals surface area contributed by atoms with Gasteiger partial charge in [0.15, 0.2) is 0 Å². The van der Waals surface area contributed by atoms with Gasteiger partial charge < -0.3 is 10.1 Å². The first-order chi connectivity index (χ1) is 15.6. The second-order valence-corrected chi connectivity index (χ2v) is 8.73. The molecule has 2 aromatic carbocycles. The molecule has 1 amide bonds. The summed E-state index contributed by atoms with van der Waals surface area (Å²) in [6.07, 6.45) is 4.61. The summed E-state index contributed by atoms with van der Waals surface area (Å²) in [5.41, 5.74) is 2.86. The summed E-state index contributed by atoms with van der Waals surface area (Å²) in [5.74, 6) is 0.702. The molecule has 4 aromatic rings. The largest absolute Gasteiger partial charge is 0.497 e. The minimum absolute atomic E-state index is 0.0598. The number of hydrogen-bond donors (Lipinski definition) is 1. The molecule has 6 heteroatoms. The summed E-state index contributed by atoms with van der Waals surface area (Å²) >= 11 is 1.67. The van der Waals surface area contributed by atoms with Gasteiger partial charge in [-0.1, -0.05) is 30.3 Å². The van der Waals surface area contributed by atoms with Crippen LogP contribution in [0.25, 0.3) is 22.2 Å². The number of hydrogen-bond acceptors (Lipinski definition) is 5. The van der Waals surface area contributed by atoms with Crippen LogP contribution in [0.15, 0.2) is 66.2 Å². The zero-order chi connectivity index (χ0) is 22.3. The molecule has 2 aromatic heterocycles. The zero-order valence-corrected chi connectivity index (χ0v) is 19.2. The van der Waals surface area contributed by atoms with Crippen LogP contribution in [0.1, 0.15) is 36.3 Å². The van der Waals surface area contributed by atoms with E-state index in [0.717, 1.165) is 57.7 Å². The number of thiazole rings is 1. The van der Waals surface area contributed by atoms with E-state index in [-0.39, 0.29) is 11.8 Å². The molecule has 0 saturated heterocycles. The number of ether oxygens (including phenoxy) is 1. The molecule has 0 aliphatic rings. The van der Waals surface area contributed by atoms with Gasteiger partial charge in [0, 0.05) is 18.1 Å². The molecule has 32 heavy (non-hydrogen) atoms. The Kier molecular flexibility index (Phi) is 7.12. The number of benzene rings is 2. The molecule has 0 saturated carbocycles. The van der Waals surface area contributed by atoms with Gasteiger partial charge in [0.25, 0.3) is 0 Å². The van der Waals surface area contributed by atoms with E-state index in [0.29, 0.717) is 6.54 Å². The molecular formula is C26H27N3O2S. The van der Waals surface area contributed by atoms with E-state index >= 15 is 0 Å². The van der Waals surface area contributed by atoms with Crippen LogP contribution in [-0.2, 0) is 11.2 Å². The average Bonchev–Trinajstić information content (AvgIpc) is 3.32. The molecule has 1 N–H and O–H groups in total. The Balaban J connectivity index is 1.23. The van der Waals surface area contributed by atoms with Crippen molar-refractivity contribution in [3.8, 4) is 17.1 Å². The summed E-state index contributed by atoms with van der Waals surface area (Å²) in [6.45, 7) is 2.63. The summed E-state index contributed by atoms with van der Waals surface area (Å²) in [5, 5.41) is 8.46. The molecule has 4 rings (SSSR count). The molecule has 0 unspecified atom stereocenters. The molecule has 0 bridgehead atoms. The molecular weight excluding hydrogens is 418 g/mol. The maximum Gasteiger partial charge on any atom is 0.227 e. The number of methoxy groups -OCH3 is 1. The van der Waals surface area contributed by atoms with E-state index in [4.69, 9.17) is 4.74 Å². The first-order valence-corrected chi connectivity index (χ1v) is 11.7. The van der Waals surface area contributed by atoms with Gasteiger partial charge >= 0.3 is 0 Å². The standard InChI is InChI=1S/C26H27N3O2S/c1-18(19-9-10-21-16-22(31-2)12-11-20(21)15-19)26(30)28-14-6-4-8-25-29-24(17-32-25)23-7-3-5-13-27-23/h3,5,7,9-13,15-18H,4,6,8,14H2,1-2H3,(H,28,30)/t18-/m0/s1. The van der Waals surface area contributed by atoms with Gasteiger partial charge in [-0.05, 0) is 66.8 Å². The zero-order valence-electron chi connectivity index (χ0n) is 18.4. The fourth-order valence-corrected chi connectivity index (χ4v) is 4.45. The Labute approximate surface area is 192 Å². The van der Waals surface area contributed by atoms with Gasteiger partial charge in [-0.15, -0.1) is 11.3 Å². The number of amides is 1. The Bertz CT molecular complexity index is 1190. The van der Waals surface area contributed by atoms with Gasteiger partial charge in [-0.25, -0.2) is 4.98 Å². The summed E-state index contributed by atoms with van der Waals surface area (Å²) in [7, 11) is 1.67. The van der Waals surface area contributed by atoms with Crippen LogP contribution in [0.4, 0.5) is 0 Å². The first-order valence-electron chi connectivity index (χ1n) is 10.9. The third-order valence-corrected chi connectivity index (χ3v) is 6.47. The van der Waals surface area contributed by atoms with Crippen LogP contribution in [0.2, 0.25) is 0 Å². The Morgan fingerprint density at radius 3 is 2.72 bits per heavy atom. The number of aromatic nitrogens is 2. The van der Waals surface area contributed by atoms with E-state index in [1.807, 2.05) is 55.5 Å². The van der Waals surface area contributed by atoms with Crippen molar-refractivity contribution in [3.63, 3.8) is 0 Å². The van der Waals surface area contributed by atoms with Gasteiger partial charge in [0.2, 0.25) is 5.91 Å². The van der Waals surface area contributed by atoms with Crippen molar-refractivity contribution in [2.75, 3.05) is 13.7 Å². The average molecular weight is 446 g/mol. The topological polar surface area (TPSA) is 64.1 Å². The van der Waals surface area contributed by atoms with Crippen molar-refractivity contribution in [2.24, 2.45) is 0 Å². The molecule has 0 spiro atoms. The number of nitrogens with one attached hydrogen (secondary N) is 1. The number of nitrogens with zero attached hydrogens (tertiary/aromatic N) is 2. The lowest BCUT2D eigenvalue weighted by Gasteiger charge is -2.13. The van der Waals surface area contributed by atoms with Crippen LogP contribution in [0.5, 0.6) is 5.75 Å². The minimum atomic E-state index is -0.193. The summed E-state index contributed by atoms with van der Waals surface area (Å²) < 4.78 is 5.28. The number of carbonyl (C=O) groups excluding carboxylic acids is 1. The highest BCUT2D eigenvalue weighted by atomic mass is 32.1. The number of fused-ring (bicyclic) bond motifs is 1. The third-order valence-electron chi connectivity index (χ3n) is 5.56. The fourth-order valence-electron chi connectivity index (χ4n) is 3.61. The van der Waals surface area contributed by atoms with Crippen molar-refractivity contribution in [1.29, 1.82) is 0 Å². The number of pyridine rings is 1. The predicted molar refractivity (Wildman–Crippen MR) is 130 cm³/mol. The van der Waals surface area contributed by atoms with Crippen LogP contribution < -0.4 is 10.1 Å². The number of aryl methyl sites for hydroxylation is 1. The maximum absolute atomic E-state index is 12.6. The van der Waals surface area contributed by atoms with Gasteiger partial charge in [0.05, 0.1) is 29.4 Å². The number of unbranched alkanes of at least 4 members (excludes halogenated alkanes) is 1. The molecule has 0 aliphatic carbocycles. The van der Waals surface area contributed by atoms with Crippen molar-refractivity contribution < 1.29 is 9.53 Å². The van der Waals surface area contributed by atoms with Crippen molar-refractivity contribution in [3.05, 3.63) is 76.7 Å². The molecule has 0 aliphatic heterocycles. The van der Waals surface area contributed by atoms with Crippen LogP contribution >= 0.6 is 11.3 Å². The van der Waals surface area contributed by atoms with Crippen LogP contribution in [0, 0.1) is 0 Å². The molecule has 5 nitrogen and oxygen atoms in total. The monoisotopic (exact) mass is 445 g/mol. The minimum Gasteiger partial charge on any atom is -0.497 e. The molecule has 0 radical (unpaired) electrons. The van der Waals surface area contributed by atoms with E-state index in [2.05, 4.69) is 26.7 Å². The molecule has 0 fully saturated rings. The second kappa shape index (κ2) is 10.4. The normalized spacial score (nSPS) is 11.9. The smallest absolute Gasteiger partial charge is 0.227 e. The highest BCUT2D eigenvalue weighted by molar-refractivity contribution is 7.09. The second-order valence-electron chi connectivity index (χ2n) is 7.78. The van der Waals surface area contributed by atoms with Gasteiger partial charge in [-0.3, -0.25) is 9.78 Å². The molecule has 164 valence electrons. The Morgan fingerprint density at radius 2 is 1.91 bits per heavy atom. The molecule has 2 heterocycles. The van der Waals surface area contributed by atoms with E-state index in [9.17, 15) is 4.79 Å². The Hall–Kier alpha value is -3.25. The first kappa shape index (κ1) is 22.0. The van der Waals surface area contributed by atoms with E-state index in [1.165, 1.54) is 0 Å². The molecule has 1 atom stereocenters. The summed E-state index contributed by atoms with van der Waals surface area (Å²) in [4.78, 5) is 21.7. The predicted octanol–water partition coefficient (Wildman–Crippen LogP) is 5.61. The SMILES string of the molecule is COc1ccc2cc([C@H](C)C(=O)NCCCCc3nc(-c4ccccn4)cs3)ccc2c1. The highest BCUT2D eigenvalue weighted by Crippen LogP contribution is 2.25. The van der Waals surface area contributed by atoms with E-state index in [1.54, 1.807) is 24.6 Å². The van der Waals surface area contributed by atoms with E-state index < -0.39 is 0 Å². The fraction of sp³-hybridized carbons (Fsp3) is 0.269. The van der Waals surface area contributed by atoms with Crippen molar-refractivity contribution in [1.82, 2.24) is 15.3 Å². The number of rotatable bonds is 9. The van der Waals surface area contributed by atoms with Crippen molar-refractivity contribution >= 4 is 28.0 Å². The lowest BCUT2D eigenvalue weighted by atomic mass is 9.97. The lowest BCUT2D eigenvalue weighted by Crippen LogP contribution is -2.28. The quantitative estimate of drug-likeness (QED) is 0.340. The van der Waals surface area contributed by atoms with Crippen LogP contribution in [0.3, 0.4) is 0 Å².